The third-order valence-corrected chi connectivity index (χ3v) is 2.56. The molecule has 13 heavy (non-hydrogen) atoms. The monoisotopic (exact) mass is 332 g/mol. The molecule has 3 nitrogen and oxygen atoms in total. The molecular weight excluding hydrogens is 313 g/mol. The Morgan fingerprint density at radius 1 is 1.00 bits per heavy atom. The normalized spacial score (nSPS) is 10.9. The van der Waals surface area contributed by atoms with E-state index >= 15 is 0 Å². The molecule has 1 N–H and O–H groups in total. The first kappa shape index (κ1) is 16.9. The van der Waals surface area contributed by atoms with Crippen molar-refractivity contribution in [1.82, 2.24) is 0 Å². The molecule has 0 spiro atoms. The van der Waals surface area contributed by atoms with Crippen LogP contribution in [-0.2, 0) is 10.1 Å². The van der Waals surface area contributed by atoms with Gasteiger partial charge in [0, 0.05) is 0 Å². The van der Waals surface area contributed by atoms with Crippen LogP contribution in [-0.4, -0.2) is 67.6 Å². The van der Waals surface area contributed by atoms with Crippen LogP contribution in [0.2, 0.25) is 0 Å². The Balaban J connectivity index is 0. The molecule has 5 heteroatoms. The summed E-state index contributed by atoms with van der Waals surface area (Å²) >= 11 is 0. The van der Waals surface area contributed by atoms with Crippen molar-refractivity contribution in [2.24, 2.45) is 0 Å². The average Bonchev–Trinajstić information content (AvgIpc) is 1.94. The fourth-order valence-electron chi connectivity index (χ4n) is 1.06. The molecule has 0 amide bonds. The Labute approximate surface area is 121 Å². The maximum atomic E-state index is 10.3. The average molecular weight is 332 g/mol. The van der Waals surface area contributed by atoms with Gasteiger partial charge in [-0.3, -0.25) is 4.55 Å². The molecule has 0 fully saturated rings. The Kier molecular flexibility index (Phi) is 13.0. The van der Waals surface area contributed by atoms with Crippen LogP contribution in [0.4, 0.5) is 0 Å². The van der Waals surface area contributed by atoms with Gasteiger partial charge >= 0.3 is 48.9 Å². The van der Waals surface area contributed by atoms with Crippen LogP contribution in [0.15, 0.2) is 0 Å². The minimum absolute atomic E-state index is 0. The molecular formula is C8H18BaO3S+2. The molecule has 0 saturated carbocycles. The van der Waals surface area contributed by atoms with E-state index in [1.807, 2.05) is 0 Å². The maximum Gasteiger partial charge on any atom is 2.00 e. The minimum atomic E-state index is -3.72. The number of rotatable bonds is 7. The van der Waals surface area contributed by atoms with E-state index < -0.39 is 10.1 Å². The second-order valence-corrected chi connectivity index (χ2v) is 4.63. The van der Waals surface area contributed by atoms with Gasteiger partial charge in [-0.25, -0.2) is 0 Å². The summed E-state index contributed by atoms with van der Waals surface area (Å²) < 4.78 is 28.9. The fraction of sp³-hybridized carbons (Fsp3) is 1.00. The molecule has 0 atom stereocenters. The van der Waals surface area contributed by atoms with Crippen LogP contribution in [0.5, 0.6) is 0 Å². The first-order valence-electron chi connectivity index (χ1n) is 4.51. The van der Waals surface area contributed by atoms with E-state index in [4.69, 9.17) is 4.55 Å². The second kappa shape index (κ2) is 10.0. The van der Waals surface area contributed by atoms with E-state index in [0.29, 0.717) is 6.42 Å². The molecule has 0 aromatic heterocycles. The summed E-state index contributed by atoms with van der Waals surface area (Å²) in [7, 11) is -3.72. The van der Waals surface area contributed by atoms with Gasteiger partial charge in [0.1, 0.15) is 0 Å². The van der Waals surface area contributed by atoms with Crippen molar-refractivity contribution in [3.05, 3.63) is 0 Å². The Morgan fingerprint density at radius 2 is 1.46 bits per heavy atom. The smallest absolute Gasteiger partial charge is 0.286 e. The third kappa shape index (κ3) is 16.2. The van der Waals surface area contributed by atoms with Gasteiger partial charge in [-0.2, -0.15) is 8.42 Å². The van der Waals surface area contributed by atoms with Crippen molar-refractivity contribution in [2.45, 2.75) is 45.4 Å². The van der Waals surface area contributed by atoms with Gasteiger partial charge in [0.2, 0.25) is 0 Å². The largest absolute Gasteiger partial charge is 2.00 e. The van der Waals surface area contributed by atoms with E-state index in [2.05, 4.69) is 6.92 Å². The fourth-order valence-corrected chi connectivity index (χ4v) is 1.63. The summed E-state index contributed by atoms with van der Waals surface area (Å²) in [4.78, 5) is 0. The Morgan fingerprint density at radius 3 is 1.92 bits per heavy atom. The van der Waals surface area contributed by atoms with Crippen molar-refractivity contribution < 1.29 is 13.0 Å². The number of hydrogen-bond acceptors (Lipinski definition) is 2. The topological polar surface area (TPSA) is 54.4 Å². The molecule has 0 aliphatic rings. The minimum Gasteiger partial charge on any atom is -0.286 e. The van der Waals surface area contributed by atoms with Crippen LogP contribution >= 0.6 is 0 Å². The quantitative estimate of drug-likeness (QED) is 0.440. The Hall–Kier alpha value is 1.48. The van der Waals surface area contributed by atoms with Crippen molar-refractivity contribution in [3.63, 3.8) is 0 Å². The van der Waals surface area contributed by atoms with Gasteiger partial charge in [0.15, 0.2) is 0 Å². The van der Waals surface area contributed by atoms with Crippen LogP contribution in [0.25, 0.3) is 0 Å². The predicted octanol–water partition coefficient (Wildman–Crippen LogP) is 1.85. The van der Waals surface area contributed by atoms with Gasteiger partial charge in [0.25, 0.3) is 10.1 Å². The second-order valence-electron chi connectivity index (χ2n) is 3.05. The summed E-state index contributed by atoms with van der Waals surface area (Å²) in [6.07, 6.45) is 6.14. The summed E-state index contributed by atoms with van der Waals surface area (Å²) in [5.74, 6) is -0.0842. The predicted molar refractivity (Wildman–Crippen MR) is 55.5 cm³/mol. The van der Waals surface area contributed by atoms with Gasteiger partial charge in [0.05, 0.1) is 5.75 Å². The zero-order valence-corrected chi connectivity index (χ0v) is 13.6. The zero-order valence-electron chi connectivity index (χ0n) is 8.33. The SMILES string of the molecule is CCCCCCCCS(=O)(=O)O.[Ba+2]. The van der Waals surface area contributed by atoms with E-state index in [1.165, 1.54) is 19.3 Å². The van der Waals surface area contributed by atoms with Gasteiger partial charge in [-0.05, 0) is 6.42 Å². The molecule has 0 unspecified atom stereocenters. The zero-order chi connectivity index (χ0) is 9.45. The van der Waals surface area contributed by atoms with Crippen LogP contribution in [0, 0.1) is 0 Å². The first-order valence-corrected chi connectivity index (χ1v) is 6.12. The first-order chi connectivity index (χ1) is 5.56. The molecule has 0 radical (unpaired) electrons. The van der Waals surface area contributed by atoms with Gasteiger partial charge in [-0.1, -0.05) is 39.0 Å². The van der Waals surface area contributed by atoms with Gasteiger partial charge < -0.3 is 0 Å². The summed E-state index contributed by atoms with van der Waals surface area (Å²) in [5, 5.41) is 0. The molecule has 0 bridgehead atoms. The Bertz CT molecular complexity index is 190. The maximum absolute atomic E-state index is 10.3. The van der Waals surface area contributed by atoms with Crippen molar-refractivity contribution in [2.75, 3.05) is 5.75 Å². The molecule has 0 heterocycles. The molecule has 74 valence electrons. The van der Waals surface area contributed by atoms with Crippen LogP contribution < -0.4 is 0 Å². The molecule has 0 saturated heterocycles. The molecule has 0 aliphatic heterocycles. The van der Waals surface area contributed by atoms with Gasteiger partial charge in [-0.15, -0.1) is 0 Å². The molecule has 0 aliphatic carbocycles. The third-order valence-electron chi connectivity index (χ3n) is 1.76. The summed E-state index contributed by atoms with van der Waals surface area (Å²) in [6.45, 7) is 2.14. The van der Waals surface area contributed by atoms with Crippen molar-refractivity contribution in [1.29, 1.82) is 0 Å². The molecule has 0 aromatic rings. The standard InChI is InChI=1S/C8H18O3S.Ba/c1-2-3-4-5-6-7-8-12(9,10)11;/h2-8H2,1H3,(H,9,10,11);/q;+2. The van der Waals surface area contributed by atoms with Crippen LogP contribution in [0.3, 0.4) is 0 Å². The van der Waals surface area contributed by atoms with Crippen LogP contribution in [0.1, 0.15) is 45.4 Å². The molecule has 0 rings (SSSR count). The van der Waals surface area contributed by atoms with E-state index in [1.54, 1.807) is 0 Å². The van der Waals surface area contributed by atoms with E-state index in [0.717, 1.165) is 12.8 Å². The summed E-state index contributed by atoms with van der Waals surface area (Å²) in [5.41, 5.74) is 0. The number of unbranched alkanes of at least 4 members (excludes halogenated alkanes) is 5. The van der Waals surface area contributed by atoms with E-state index in [-0.39, 0.29) is 54.6 Å². The van der Waals surface area contributed by atoms with Crippen molar-refractivity contribution >= 4 is 59.0 Å². The molecule has 0 aromatic carbocycles. The number of hydrogen-bond donors (Lipinski definition) is 1. The van der Waals surface area contributed by atoms with E-state index in [9.17, 15) is 8.42 Å². The van der Waals surface area contributed by atoms with Crippen molar-refractivity contribution in [3.8, 4) is 0 Å². The summed E-state index contributed by atoms with van der Waals surface area (Å²) in [6, 6.07) is 0.